The van der Waals surface area contributed by atoms with Gasteiger partial charge in [-0.2, -0.15) is 5.26 Å². The van der Waals surface area contributed by atoms with Crippen molar-refractivity contribution in [2.75, 3.05) is 0 Å². The van der Waals surface area contributed by atoms with Crippen molar-refractivity contribution in [1.82, 2.24) is 0 Å². The fourth-order valence-electron chi connectivity index (χ4n) is 1.17. The molecule has 0 aromatic heterocycles. The molecule has 0 saturated heterocycles. The smallest absolute Gasteiger partial charge is 0.150 e. The molecule has 1 aromatic rings. The molecule has 0 aliphatic carbocycles. The number of hydrogen-bond donors (Lipinski definition) is 1. The Morgan fingerprint density at radius 2 is 2.31 bits per heavy atom. The maximum absolute atomic E-state index is 10.5. The molecule has 1 rings (SSSR count). The SMILES string of the molecule is N#Cc1cc(C=O)ccc1CN=C/C=C\N. The van der Waals surface area contributed by atoms with Gasteiger partial charge in [0.25, 0.3) is 0 Å². The third kappa shape index (κ3) is 3.07. The molecule has 0 fully saturated rings. The van der Waals surface area contributed by atoms with Gasteiger partial charge in [0.1, 0.15) is 6.29 Å². The summed E-state index contributed by atoms with van der Waals surface area (Å²) in [6.07, 6.45) is 5.26. The molecule has 0 aliphatic heterocycles. The van der Waals surface area contributed by atoms with Crippen molar-refractivity contribution in [2.45, 2.75) is 6.54 Å². The van der Waals surface area contributed by atoms with Crippen molar-refractivity contribution >= 4 is 12.5 Å². The Kier molecular flexibility index (Phi) is 4.48. The molecule has 0 bridgehead atoms. The third-order valence-corrected chi connectivity index (χ3v) is 1.95. The molecule has 0 amide bonds. The van der Waals surface area contributed by atoms with E-state index in [9.17, 15) is 4.79 Å². The van der Waals surface area contributed by atoms with Crippen LogP contribution in [0.5, 0.6) is 0 Å². The lowest BCUT2D eigenvalue weighted by Gasteiger charge is -2.00. The quantitative estimate of drug-likeness (QED) is 0.606. The average molecular weight is 213 g/mol. The zero-order valence-electron chi connectivity index (χ0n) is 8.63. The van der Waals surface area contributed by atoms with E-state index in [1.807, 2.05) is 6.07 Å². The first-order valence-electron chi connectivity index (χ1n) is 4.66. The van der Waals surface area contributed by atoms with Gasteiger partial charge in [-0.3, -0.25) is 9.79 Å². The van der Waals surface area contributed by atoms with Gasteiger partial charge in [0, 0.05) is 11.8 Å². The van der Waals surface area contributed by atoms with E-state index in [2.05, 4.69) is 4.99 Å². The zero-order valence-corrected chi connectivity index (χ0v) is 8.63. The third-order valence-electron chi connectivity index (χ3n) is 1.95. The van der Waals surface area contributed by atoms with E-state index in [0.29, 0.717) is 24.0 Å². The Balaban J connectivity index is 2.88. The van der Waals surface area contributed by atoms with Crippen molar-refractivity contribution < 1.29 is 4.79 Å². The lowest BCUT2D eigenvalue weighted by Crippen LogP contribution is -1.91. The molecule has 0 saturated carbocycles. The highest BCUT2D eigenvalue weighted by atomic mass is 16.1. The Morgan fingerprint density at radius 3 is 2.94 bits per heavy atom. The van der Waals surface area contributed by atoms with Crippen LogP contribution in [-0.2, 0) is 6.54 Å². The summed E-state index contributed by atoms with van der Waals surface area (Å²) in [5, 5.41) is 8.89. The lowest BCUT2D eigenvalue weighted by atomic mass is 10.1. The van der Waals surface area contributed by atoms with Gasteiger partial charge in [0.05, 0.1) is 18.2 Å². The zero-order chi connectivity index (χ0) is 11.8. The van der Waals surface area contributed by atoms with Crippen molar-refractivity contribution in [1.29, 1.82) is 5.26 Å². The standard InChI is InChI=1S/C12H11N3O/c13-4-1-5-15-8-11-3-2-10(9-16)6-12(11)7-14/h1-6,9H,8,13H2/b4-1-,15-5?. The van der Waals surface area contributed by atoms with Crippen LogP contribution in [0.1, 0.15) is 21.5 Å². The molecular weight excluding hydrogens is 202 g/mol. The van der Waals surface area contributed by atoms with Crippen LogP contribution in [0.2, 0.25) is 0 Å². The van der Waals surface area contributed by atoms with Crippen molar-refractivity contribution in [2.24, 2.45) is 10.7 Å². The van der Waals surface area contributed by atoms with E-state index in [0.717, 1.165) is 5.56 Å². The molecule has 0 unspecified atom stereocenters. The van der Waals surface area contributed by atoms with E-state index in [-0.39, 0.29) is 0 Å². The summed E-state index contributed by atoms with van der Waals surface area (Å²) in [5.41, 5.74) is 6.89. The Bertz CT molecular complexity index is 470. The predicted molar refractivity (Wildman–Crippen MR) is 62.1 cm³/mol. The van der Waals surface area contributed by atoms with E-state index in [1.165, 1.54) is 6.20 Å². The Morgan fingerprint density at radius 1 is 1.50 bits per heavy atom. The van der Waals surface area contributed by atoms with Crippen molar-refractivity contribution in [3.05, 3.63) is 47.2 Å². The second-order valence-corrected chi connectivity index (χ2v) is 3.02. The lowest BCUT2D eigenvalue weighted by molar-refractivity contribution is 0.112. The van der Waals surface area contributed by atoms with Gasteiger partial charge in [-0.15, -0.1) is 0 Å². The van der Waals surface area contributed by atoms with E-state index in [4.69, 9.17) is 11.0 Å². The number of nitriles is 1. The van der Waals surface area contributed by atoms with Gasteiger partial charge < -0.3 is 5.73 Å². The first kappa shape index (κ1) is 11.7. The number of carbonyl (C=O) groups excluding carboxylic acids is 1. The molecule has 2 N–H and O–H groups in total. The molecule has 0 heterocycles. The minimum atomic E-state index is 0.395. The number of nitrogens with two attached hydrogens (primary N) is 1. The van der Waals surface area contributed by atoms with Crippen LogP contribution in [0.15, 0.2) is 35.5 Å². The Hall–Kier alpha value is -2.41. The van der Waals surface area contributed by atoms with Crippen molar-refractivity contribution in [3.63, 3.8) is 0 Å². The Labute approximate surface area is 93.7 Å². The molecule has 0 aliphatic rings. The van der Waals surface area contributed by atoms with Crippen LogP contribution in [0.25, 0.3) is 0 Å². The number of nitrogens with zero attached hydrogens (tertiary/aromatic N) is 2. The van der Waals surface area contributed by atoms with E-state index < -0.39 is 0 Å². The van der Waals surface area contributed by atoms with Gasteiger partial charge >= 0.3 is 0 Å². The molecule has 80 valence electrons. The summed E-state index contributed by atoms with van der Waals surface area (Å²) < 4.78 is 0. The van der Waals surface area contributed by atoms with E-state index in [1.54, 1.807) is 30.5 Å². The van der Waals surface area contributed by atoms with Crippen molar-refractivity contribution in [3.8, 4) is 6.07 Å². The molecule has 4 heteroatoms. The van der Waals surface area contributed by atoms with Crippen LogP contribution in [0.3, 0.4) is 0 Å². The predicted octanol–water partition coefficient (Wildman–Crippen LogP) is 1.41. The first-order chi connectivity index (χ1) is 7.81. The van der Waals surface area contributed by atoms with Gasteiger partial charge in [0.15, 0.2) is 0 Å². The van der Waals surface area contributed by atoms with Gasteiger partial charge in [0.2, 0.25) is 0 Å². The molecule has 1 aromatic carbocycles. The summed E-state index contributed by atoms with van der Waals surface area (Å²) in [4.78, 5) is 14.6. The minimum absolute atomic E-state index is 0.395. The fourth-order valence-corrected chi connectivity index (χ4v) is 1.17. The summed E-state index contributed by atoms with van der Waals surface area (Å²) in [6, 6.07) is 6.98. The maximum atomic E-state index is 10.5. The molecule has 0 radical (unpaired) electrons. The molecule has 0 atom stereocenters. The number of allylic oxidation sites excluding steroid dienone is 1. The topological polar surface area (TPSA) is 79.2 Å². The number of hydrogen-bond acceptors (Lipinski definition) is 4. The minimum Gasteiger partial charge on any atom is -0.405 e. The average Bonchev–Trinajstić information content (AvgIpc) is 2.34. The highest BCUT2D eigenvalue weighted by Gasteiger charge is 2.01. The van der Waals surface area contributed by atoms with Gasteiger partial charge in [-0.1, -0.05) is 12.1 Å². The number of carbonyl (C=O) groups is 1. The highest BCUT2D eigenvalue weighted by molar-refractivity contribution is 5.76. The molecule has 4 nitrogen and oxygen atoms in total. The number of benzene rings is 1. The fraction of sp³-hybridized carbons (Fsp3) is 0.0833. The number of rotatable bonds is 4. The highest BCUT2D eigenvalue weighted by Crippen LogP contribution is 2.11. The first-order valence-corrected chi connectivity index (χ1v) is 4.66. The van der Waals surface area contributed by atoms with Gasteiger partial charge in [-0.05, 0) is 23.9 Å². The summed E-state index contributed by atoms with van der Waals surface area (Å²) in [7, 11) is 0. The van der Waals surface area contributed by atoms with Gasteiger partial charge in [-0.25, -0.2) is 0 Å². The second-order valence-electron chi connectivity index (χ2n) is 3.02. The maximum Gasteiger partial charge on any atom is 0.150 e. The van der Waals surface area contributed by atoms with E-state index >= 15 is 0 Å². The number of aliphatic imine (C=N–C) groups is 1. The van der Waals surface area contributed by atoms with Crippen LogP contribution >= 0.6 is 0 Å². The second kappa shape index (κ2) is 6.14. The van der Waals surface area contributed by atoms with Crippen LogP contribution in [0, 0.1) is 11.3 Å². The molecular formula is C12H11N3O. The van der Waals surface area contributed by atoms with Crippen LogP contribution in [-0.4, -0.2) is 12.5 Å². The largest absolute Gasteiger partial charge is 0.405 e. The monoisotopic (exact) mass is 213 g/mol. The summed E-state index contributed by atoms with van der Waals surface area (Å²) in [5.74, 6) is 0. The summed E-state index contributed by atoms with van der Waals surface area (Å²) in [6.45, 7) is 0.395. The number of aldehydes is 1. The summed E-state index contributed by atoms with van der Waals surface area (Å²) >= 11 is 0. The van der Waals surface area contributed by atoms with Crippen LogP contribution in [0.4, 0.5) is 0 Å². The molecule has 16 heavy (non-hydrogen) atoms. The van der Waals surface area contributed by atoms with Crippen LogP contribution < -0.4 is 5.73 Å². The molecule has 0 spiro atoms. The normalized spacial score (nSPS) is 10.7.